The van der Waals surface area contributed by atoms with Gasteiger partial charge in [-0.15, -0.1) is 0 Å². The fourth-order valence-electron chi connectivity index (χ4n) is 2.21. The van der Waals surface area contributed by atoms with Crippen molar-refractivity contribution in [1.29, 1.82) is 0 Å². The molecule has 0 unspecified atom stereocenters. The van der Waals surface area contributed by atoms with E-state index in [9.17, 15) is 4.79 Å². The molecule has 1 fully saturated rings. The molecule has 1 aromatic carbocycles. The van der Waals surface area contributed by atoms with Crippen molar-refractivity contribution in [2.45, 2.75) is 38.4 Å². The van der Waals surface area contributed by atoms with Crippen LogP contribution >= 0.6 is 0 Å². The van der Waals surface area contributed by atoms with Crippen molar-refractivity contribution >= 4 is 5.91 Å². The van der Waals surface area contributed by atoms with Crippen LogP contribution < -0.4 is 5.32 Å². The van der Waals surface area contributed by atoms with Gasteiger partial charge in [-0.3, -0.25) is 4.79 Å². The Kier molecular flexibility index (Phi) is 6.95. The maximum atomic E-state index is 11.9. The molecule has 2 rings (SSSR count). The minimum atomic E-state index is -0.482. The molecule has 0 aliphatic carbocycles. The van der Waals surface area contributed by atoms with E-state index in [0.717, 1.165) is 25.0 Å². The van der Waals surface area contributed by atoms with Gasteiger partial charge in [0, 0.05) is 12.2 Å². The number of carbonyl (C=O) groups is 1. The van der Waals surface area contributed by atoms with Gasteiger partial charge < -0.3 is 14.8 Å². The number of hydrogen-bond acceptors (Lipinski definition) is 3. The van der Waals surface area contributed by atoms with E-state index in [0.29, 0.717) is 13.2 Å². The predicted molar refractivity (Wildman–Crippen MR) is 85.3 cm³/mol. The number of nitrogens with one attached hydrogen (secondary N) is 1. The Morgan fingerprint density at radius 1 is 1.41 bits per heavy atom. The van der Waals surface area contributed by atoms with Crippen molar-refractivity contribution < 1.29 is 14.3 Å². The second-order valence-electron chi connectivity index (χ2n) is 5.35. The van der Waals surface area contributed by atoms with E-state index in [-0.39, 0.29) is 12.0 Å². The van der Waals surface area contributed by atoms with Crippen LogP contribution in [0.15, 0.2) is 30.3 Å². The SMILES string of the molecule is C[C@@H](OC[C@H]1CCCCO1)C(=O)NCC#Cc1ccccc1. The Balaban J connectivity index is 1.65. The second kappa shape index (κ2) is 9.24. The van der Waals surface area contributed by atoms with E-state index in [4.69, 9.17) is 9.47 Å². The summed E-state index contributed by atoms with van der Waals surface area (Å²) < 4.78 is 11.1. The van der Waals surface area contributed by atoms with Crippen molar-refractivity contribution in [2.24, 2.45) is 0 Å². The van der Waals surface area contributed by atoms with Crippen LogP contribution in [0, 0.1) is 11.8 Å². The average Bonchev–Trinajstić information content (AvgIpc) is 2.58. The quantitative estimate of drug-likeness (QED) is 0.848. The van der Waals surface area contributed by atoms with Crippen molar-refractivity contribution in [2.75, 3.05) is 19.8 Å². The molecule has 22 heavy (non-hydrogen) atoms. The molecule has 4 heteroatoms. The molecule has 1 N–H and O–H groups in total. The van der Waals surface area contributed by atoms with Gasteiger partial charge in [-0.25, -0.2) is 0 Å². The zero-order valence-corrected chi connectivity index (χ0v) is 13.0. The summed E-state index contributed by atoms with van der Waals surface area (Å²) in [5.41, 5.74) is 0.940. The third-order valence-electron chi connectivity index (χ3n) is 3.53. The molecule has 0 bridgehead atoms. The molecular formula is C18H23NO3. The normalized spacial score (nSPS) is 18.9. The van der Waals surface area contributed by atoms with Crippen LogP contribution in [0.4, 0.5) is 0 Å². The van der Waals surface area contributed by atoms with E-state index < -0.39 is 6.10 Å². The Hall–Kier alpha value is -1.83. The maximum absolute atomic E-state index is 11.9. The highest BCUT2D eigenvalue weighted by molar-refractivity contribution is 5.80. The van der Waals surface area contributed by atoms with Crippen LogP contribution in [0.5, 0.6) is 0 Å². The third kappa shape index (κ3) is 5.88. The van der Waals surface area contributed by atoms with E-state index >= 15 is 0 Å². The van der Waals surface area contributed by atoms with Crippen LogP contribution in [0.1, 0.15) is 31.7 Å². The minimum Gasteiger partial charge on any atom is -0.376 e. The van der Waals surface area contributed by atoms with Crippen LogP contribution in [0.2, 0.25) is 0 Å². The van der Waals surface area contributed by atoms with Gasteiger partial charge in [0.05, 0.1) is 19.3 Å². The van der Waals surface area contributed by atoms with Gasteiger partial charge in [-0.2, -0.15) is 0 Å². The first kappa shape index (κ1) is 16.5. The summed E-state index contributed by atoms with van der Waals surface area (Å²) in [6.07, 6.45) is 2.94. The minimum absolute atomic E-state index is 0.127. The van der Waals surface area contributed by atoms with Crippen molar-refractivity contribution in [3.8, 4) is 11.8 Å². The molecule has 0 aromatic heterocycles. The van der Waals surface area contributed by atoms with E-state index in [2.05, 4.69) is 17.2 Å². The highest BCUT2D eigenvalue weighted by Gasteiger charge is 2.18. The Morgan fingerprint density at radius 2 is 2.23 bits per heavy atom. The van der Waals surface area contributed by atoms with Gasteiger partial charge in [0.2, 0.25) is 5.91 Å². The Bertz CT molecular complexity index is 512. The van der Waals surface area contributed by atoms with E-state index in [1.165, 1.54) is 6.42 Å². The van der Waals surface area contributed by atoms with Crippen LogP contribution in [0.3, 0.4) is 0 Å². The van der Waals surface area contributed by atoms with E-state index in [1.54, 1.807) is 6.92 Å². The lowest BCUT2D eigenvalue weighted by Gasteiger charge is -2.23. The lowest BCUT2D eigenvalue weighted by atomic mass is 10.1. The van der Waals surface area contributed by atoms with Gasteiger partial charge in [0.15, 0.2) is 0 Å². The smallest absolute Gasteiger partial charge is 0.249 e. The van der Waals surface area contributed by atoms with Crippen LogP contribution in [0.25, 0.3) is 0 Å². The lowest BCUT2D eigenvalue weighted by molar-refractivity contribution is -0.135. The summed E-state index contributed by atoms with van der Waals surface area (Å²) >= 11 is 0. The molecule has 1 saturated heterocycles. The molecule has 1 amide bonds. The summed E-state index contributed by atoms with van der Waals surface area (Å²) in [6, 6.07) is 9.69. The maximum Gasteiger partial charge on any atom is 0.249 e. The average molecular weight is 301 g/mol. The Morgan fingerprint density at radius 3 is 2.95 bits per heavy atom. The summed E-state index contributed by atoms with van der Waals surface area (Å²) in [5.74, 6) is 5.79. The molecule has 1 aromatic rings. The molecule has 118 valence electrons. The number of amides is 1. The standard InChI is InChI=1S/C18H23NO3/c1-15(22-14-17-11-5-6-13-21-17)18(20)19-12-7-10-16-8-3-2-4-9-16/h2-4,8-9,15,17H,5-6,11-14H2,1H3,(H,19,20)/t15-,17-/m1/s1. The summed E-state index contributed by atoms with van der Waals surface area (Å²) in [7, 11) is 0. The largest absolute Gasteiger partial charge is 0.376 e. The van der Waals surface area contributed by atoms with Crippen LogP contribution in [-0.4, -0.2) is 37.9 Å². The summed E-state index contributed by atoms with van der Waals surface area (Å²) in [4.78, 5) is 11.9. The number of rotatable bonds is 5. The lowest BCUT2D eigenvalue weighted by Crippen LogP contribution is -2.37. The second-order valence-corrected chi connectivity index (χ2v) is 5.35. The fraction of sp³-hybridized carbons (Fsp3) is 0.500. The van der Waals surface area contributed by atoms with Crippen molar-refractivity contribution in [1.82, 2.24) is 5.32 Å². The summed E-state index contributed by atoms with van der Waals surface area (Å²) in [5, 5.41) is 2.76. The molecule has 1 aliphatic rings. The molecule has 2 atom stereocenters. The zero-order valence-electron chi connectivity index (χ0n) is 13.0. The molecule has 4 nitrogen and oxygen atoms in total. The molecule has 0 spiro atoms. The summed E-state index contributed by atoms with van der Waals surface area (Å²) in [6.45, 7) is 3.35. The van der Waals surface area contributed by atoms with Gasteiger partial charge in [0.1, 0.15) is 6.10 Å². The fourth-order valence-corrected chi connectivity index (χ4v) is 2.21. The first-order valence-corrected chi connectivity index (χ1v) is 7.80. The zero-order chi connectivity index (χ0) is 15.6. The molecule has 0 saturated carbocycles. The number of hydrogen-bond donors (Lipinski definition) is 1. The highest BCUT2D eigenvalue weighted by atomic mass is 16.5. The molecule has 0 radical (unpaired) electrons. The number of benzene rings is 1. The van der Waals surface area contributed by atoms with Crippen LogP contribution in [-0.2, 0) is 14.3 Å². The Labute approximate surface area is 132 Å². The molecule has 1 heterocycles. The first-order valence-electron chi connectivity index (χ1n) is 7.80. The highest BCUT2D eigenvalue weighted by Crippen LogP contribution is 2.13. The molecular weight excluding hydrogens is 278 g/mol. The predicted octanol–water partition coefficient (Wildman–Crippen LogP) is 2.13. The van der Waals surface area contributed by atoms with Gasteiger partial charge in [-0.05, 0) is 38.3 Å². The first-order chi connectivity index (χ1) is 10.8. The molecule has 1 aliphatic heterocycles. The van der Waals surface area contributed by atoms with Gasteiger partial charge >= 0.3 is 0 Å². The van der Waals surface area contributed by atoms with E-state index in [1.807, 2.05) is 30.3 Å². The topological polar surface area (TPSA) is 47.6 Å². The van der Waals surface area contributed by atoms with Crippen molar-refractivity contribution in [3.05, 3.63) is 35.9 Å². The van der Waals surface area contributed by atoms with Gasteiger partial charge in [-0.1, -0.05) is 30.0 Å². The number of carbonyl (C=O) groups excluding carboxylic acids is 1. The monoisotopic (exact) mass is 301 g/mol. The van der Waals surface area contributed by atoms with Crippen molar-refractivity contribution in [3.63, 3.8) is 0 Å². The van der Waals surface area contributed by atoms with Gasteiger partial charge in [0.25, 0.3) is 0 Å². The number of ether oxygens (including phenoxy) is 2. The third-order valence-corrected chi connectivity index (χ3v) is 3.53.